The van der Waals surface area contributed by atoms with Crippen LogP contribution in [0.3, 0.4) is 0 Å². The van der Waals surface area contributed by atoms with Crippen molar-refractivity contribution in [2.75, 3.05) is 19.6 Å². The summed E-state index contributed by atoms with van der Waals surface area (Å²) in [4.78, 5) is 2.71. The molecule has 3 nitrogen and oxygen atoms in total. The standard InChI is InChI=1S/C17H34N2O/c1-7-18-13(2)14-9-8-10-19(12-14)15-11-16(3,4)20-17(15,5)6/h13-15,18H,7-12H2,1-6H3. The highest BCUT2D eigenvalue weighted by atomic mass is 16.5. The number of piperidine rings is 1. The summed E-state index contributed by atoms with van der Waals surface area (Å²) >= 11 is 0. The van der Waals surface area contributed by atoms with Gasteiger partial charge in [0.05, 0.1) is 11.2 Å². The lowest BCUT2D eigenvalue weighted by atomic mass is 9.86. The van der Waals surface area contributed by atoms with E-state index in [9.17, 15) is 0 Å². The van der Waals surface area contributed by atoms with E-state index >= 15 is 0 Å². The molecule has 0 spiro atoms. The molecule has 2 aliphatic rings. The number of ether oxygens (including phenoxy) is 1. The lowest BCUT2D eigenvalue weighted by Crippen LogP contribution is -2.53. The number of rotatable bonds is 4. The number of hydrogen-bond acceptors (Lipinski definition) is 3. The molecule has 0 bridgehead atoms. The summed E-state index contributed by atoms with van der Waals surface area (Å²) in [5.74, 6) is 0.781. The molecule has 0 aliphatic carbocycles. The van der Waals surface area contributed by atoms with Gasteiger partial charge in [0.25, 0.3) is 0 Å². The number of nitrogens with one attached hydrogen (secondary N) is 1. The maximum atomic E-state index is 6.29. The fourth-order valence-electron chi connectivity index (χ4n) is 4.32. The monoisotopic (exact) mass is 282 g/mol. The van der Waals surface area contributed by atoms with Gasteiger partial charge in [0.1, 0.15) is 0 Å². The summed E-state index contributed by atoms with van der Waals surface area (Å²) in [7, 11) is 0. The Hall–Kier alpha value is -0.120. The van der Waals surface area contributed by atoms with Crippen molar-refractivity contribution in [1.29, 1.82) is 0 Å². The van der Waals surface area contributed by atoms with Crippen LogP contribution in [0.1, 0.15) is 60.8 Å². The predicted molar refractivity (Wildman–Crippen MR) is 85.1 cm³/mol. The van der Waals surface area contributed by atoms with Gasteiger partial charge in [0.2, 0.25) is 0 Å². The molecule has 2 saturated heterocycles. The molecular formula is C17H34N2O. The lowest BCUT2D eigenvalue weighted by Gasteiger charge is -2.42. The van der Waals surface area contributed by atoms with Crippen LogP contribution in [-0.2, 0) is 4.74 Å². The second kappa shape index (κ2) is 5.94. The first-order chi connectivity index (χ1) is 9.25. The van der Waals surface area contributed by atoms with E-state index in [1.807, 2.05) is 0 Å². The normalized spacial score (nSPS) is 35.1. The van der Waals surface area contributed by atoms with Gasteiger partial charge in [-0.15, -0.1) is 0 Å². The Bertz CT molecular complexity index is 327. The summed E-state index contributed by atoms with van der Waals surface area (Å²) in [5.41, 5.74) is 0.00120. The fourth-order valence-corrected chi connectivity index (χ4v) is 4.32. The van der Waals surface area contributed by atoms with Crippen molar-refractivity contribution in [3.8, 4) is 0 Å². The van der Waals surface area contributed by atoms with Crippen molar-refractivity contribution in [2.24, 2.45) is 5.92 Å². The Labute approximate surface area is 125 Å². The van der Waals surface area contributed by atoms with Gasteiger partial charge < -0.3 is 10.1 Å². The maximum absolute atomic E-state index is 6.29. The minimum absolute atomic E-state index is 0.0210. The van der Waals surface area contributed by atoms with Gasteiger partial charge in [-0.2, -0.15) is 0 Å². The average molecular weight is 282 g/mol. The zero-order valence-electron chi connectivity index (χ0n) is 14.3. The highest BCUT2D eigenvalue weighted by Gasteiger charge is 2.49. The van der Waals surface area contributed by atoms with E-state index in [0.29, 0.717) is 12.1 Å². The molecule has 0 aromatic carbocycles. The molecule has 2 aliphatic heterocycles. The van der Waals surface area contributed by atoms with E-state index < -0.39 is 0 Å². The van der Waals surface area contributed by atoms with Gasteiger partial charge in [0.15, 0.2) is 0 Å². The molecule has 0 aromatic rings. The molecule has 3 atom stereocenters. The molecule has 3 unspecified atom stereocenters. The summed E-state index contributed by atoms with van der Waals surface area (Å²) in [6.45, 7) is 17.1. The van der Waals surface area contributed by atoms with E-state index in [0.717, 1.165) is 18.9 Å². The molecular weight excluding hydrogens is 248 g/mol. The first-order valence-corrected chi connectivity index (χ1v) is 8.43. The van der Waals surface area contributed by atoms with Gasteiger partial charge in [-0.25, -0.2) is 0 Å². The first kappa shape index (κ1) is 16.3. The van der Waals surface area contributed by atoms with Gasteiger partial charge >= 0.3 is 0 Å². The Kier molecular flexibility index (Phi) is 4.83. The molecule has 0 amide bonds. The molecule has 0 radical (unpaired) electrons. The van der Waals surface area contributed by atoms with Crippen LogP contribution >= 0.6 is 0 Å². The highest BCUT2D eigenvalue weighted by Crippen LogP contribution is 2.41. The summed E-state index contributed by atoms with van der Waals surface area (Å²) in [6.07, 6.45) is 3.85. The molecule has 0 saturated carbocycles. The van der Waals surface area contributed by atoms with Crippen LogP contribution in [0.5, 0.6) is 0 Å². The van der Waals surface area contributed by atoms with Crippen LogP contribution in [0.2, 0.25) is 0 Å². The maximum Gasteiger partial charge on any atom is 0.0789 e. The Morgan fingerprint density at radius 1 is 1.30 bits per heavy atom. The van der Waals surface area contributed by atoms with E-state index in [1.54, 1.807) is 0 Å². The Morgan fingerprint density at radius 2 is 2.00 bits per heavy atom. The van der Waals surface area contributed by atoms with Crippen LogP contribution in [0.25, 0.3) is 0 Å². The first-order valence-electron chi connectivity index (χ1n) is 8.43. The van der Waals surface area contributed by atoms with E-state index in [2.05, 4.69) is 51.8 Å². The second-order valence-corrected chi connectivity index (χ2v) is 7.93. The third kappa shape index (κ3) is 3.55. The summed E-state index contributed by atoms with van der Waals surface area (Å²) in [6, 6.07) is 1.19. The van der Waals surface area contributed by atoms with E-state index in [-0.39, 0.29) is 11.2 Å². The van der Waals surface area contributed by atoms with Crippen LogP contribution in [-0.4, -0.2) is 47.8 Å². The second-order valence-electron chi connectivity index (χ2n) is 7.93. The summed E-state index contributed by atoms with van der Waals surface area (Å²) in [5, 5.41) is 3.61. The Morgan fingerprint density at radius 3 is 2.55 bits per heavy atom. The van der Waals surface area contributed by atoms with Gasteiger partial charge in [0, 0.05) is 18.6 Å². The minimum Gasteiger partial charge on any atom is -0.368 e. The average Bonchev–Trinajstić information content (AvgIpc) is 2.58. The van der Waals surface area contributed by atoms with Crippen molar-refractivity contribution < 1.29 is 4.74 Å². The van der Waals surface area contributed by atoms with Gasteiger partial charge in [-0.3, -0.25) is 4.90 Å². The van der Waals surface area contributed by atoms with Gasteiger partial charge in [-0.1, -0.05) is 6.92 Å². The zero-order valence-corrected chi connectivity index (χ0v) is 14.3. The lowest BCUT2D eigenvalue weighted by molar-refractivity contribution is -0.0838. The van der Waals surface area contributed by atoms with Crippen molar-refractivity contribution in [3.63, 3.8) is 0 Å². The van der Waals surface area contributed by atoms with E-state index in [1.165, 1.54) is 25.9 Å². The highest BCUT2D eigenvalue weighted by molar-refractivity contribution is 5.01. The summed E-state index contributed by atoms with van der Waals surface area (Å²) < 4.78 is 6.29. The fraction of sp³-hybridized carbons (Fsp3) is 1.00. The minimum atomic E-state index is -0.0210. The smallest absolute Gasteiger partial charge is 0.0789 e. The zero-order chi connectivity index (χ0) is 15.0. The molecule has 3 heteroatoms. The van der Waals surface area contributed by atoms with Crippen LogP contribution in [0.4, 0.5) is 0 Å². The predicted octanol–water partition coefficient (Wildman–Crippen LogP) is 3.04. The molecule has 2 rings (SSSR count). The molecule has 2 fully saturated rings. The molecule has 1 N–H and O–H groups in total. The molecule has 2 heterocycles. The SMILES string of the molecule is CCNC(C)C1CCCN(C2CC(C)(C)OC2(C)C)C1. The largest absolute Gasteiger partial charge is 0.368 e. The third-order valence-corrected chi connectivity index (χ3v) is 5.19. The number of likely N-dealkylation sites (tertiary alicyclic amines) is 1. The van der Waals surface area contributed by atoms with E-state index in [4.69, 9.17) is 4.74 Å². The third-order valence-electron chi connectivity index (χ3n) is 5.19. The van der Waals surface area contributed by atoms with Crippen molar-refractivity contribution >= 4 is 0 Å². The molecule has 20 heavy (non-hydrogen) atoms. The van der Waals surface area contributed by atoms with Gasteiger partial charge in [-0.05, 0) is 72.9 Å². The molecule has 118 valence electrons. The topological polar surface area (TPSA) is 24.5 Å². The Balaban J connectivity index is 2.02. The van der Waals surface area contributed by atoms with Crippen LogP contribution < -0.4 is 5.32 Å². The quantitative estimate of drug-likeness (QED) is 0.858. The van der Waals surface area contributed by atoms with Crippen molar-refractivity contribution in [1.82, 2.24) is 10.2 Å². The number of hydrogen-bond donors (Lipinski definition) is 1. The van der Waals surface area contributed by atoms with Crippen molar-refractivity contribution in [3.05, 3.63) is 0 Å². The molecule has 0 aromatic heterocycles. The van der Waals surface area contributed by atoms with Crippen LogP contribution in [0, 0.1) is 5.92 Å². The number of nitrogens with zero attached hydrogens (tertiary/aromatic N) is 1. The van der Waals surface area contributed by atoms with Crippen molar-refractivity contribution in [2.45, 2.75) is 84.1 Å². The van der Waals surface area contributed by atoms with Crippen LogP contribution in [0.15, 0.2) is 0 Å².